The molecule has 82 valence electrons. The molecule has 0 saturated carbocycles. The van der Waals surface area contributed by atoms with Gasteiger partial charge in [-0.05, 0) is 52.7 Å². The van der Waals surface area contributed by atoms with E-state index in [1.54, 1.807) is 6.20 Å². The molecule has 0 aliphatic rings. The van der Waals surface area contributed by atoms with Crippen molar-refractivity contribution in [3.05, 3.63) is 58.3 Å². The number of hydrogen-bond acceptors (Lipinski definition) is 2. The predicted octanol–water partition coefficient (Wildman–Crippen LogP) is 3.76. The van der Waals surface area contributed by atoms with Gasteiger partial charge in [-0.3, -0.25) is 4.98 Å². The SMILES string of the molecule is Cc1ccc(NCc2ccccn2)c(Br)c1. The third kappa shape index (κ3) is 2.83. The second-order valence-electron chi connectivity index (χ2n) is 3.66. The molecule has 16 heavy (non-hydrogen) atoms. The van der Waals surface area contributed by atoms with E-state index in [1.807, 2.05) is 18.2 Å². The molecule has 1 aromatic carbocycles. The van der Waals surface area contributed by atoms with E-state index in [4.69, 9.17) is 0 Å². The summed E-state index contributed by atoms with van der Waals surface area (Å²) in [7, 11) is 0. The highest BCUT2D eigenvalue weighted by atomic mass is 79.9. The average molecular weight is 277 g/mol. The van der Waals surface area contributed by atoms with Crippen LogP contribution in [0.1, 0.15) is 11.3 Å². The van der Waals surface area contributed by atoms with Gasteiger partial charge in [-0.25, -0.2) is 0 Å². The average Bonchev–Trinajstić information content (AvgIpc) is 2.29. The van der Waals surface area contributed by atoms with Gasteiger partial charge < -0.3 is 5.32 Å². The number of aryl methyl sites for hydroxylation is 1. The Balaban J connectivity index is 2.05. The highest BCUT2D eigenvalue weighted by Crippen LogP contribution is 2.23. The van der Waals surface area contributed by atoms with Crippen LogP contribution in [0.3, 0.4) is 0 Å². The van der Waals surface area contributed by atoms with Crippen molar-refractivity contribution in [1.82, 2.24) is 4.98 Å². The van der Waals surface area contributed by atoms with Crippen LogP contribution in [-0.2, 0) is 6.54 Å². The van der Waals surface area contributed by atoms with E-state index in [0.717, 1.165) is 22.4 Å². The molecule has 0 aliphatic heterocycles. The fourth-order valence-electron chi connectivity index (χ4n) is 1.45. The minimum Gasteiger partial charge on any atom is -0.378 e. The Labute approximate surface area is 104 Å². The molecule has 0 radical (unpaired) electrons. The quantitative estimate of drug-likeness (QED) is 0.923. The van der Waals surface area contributed by atoms with Crippen molar-refractivity contribution in [2.24, 2.45) is 0 Å². The zero-order chi connectivity index (χ0) is 11.4. The van der Waals surface area contributed by atoms with Crippen molar-refractivity contribution in [2.75, 3.05) is 5.32 Å². The van der Waals surface area contributed by atoms with Crippen LogP contribution >= 0.6 is 15.9 Å². The largest absolute Gasteiger partial charge is 0.378 e. The summed E-state index contributed by atoms with van der Waals surface area (Å²) in [4.78, 5) is 4.26. The van der Waals surface area contributed by atoms with Gasteiger partial charge in [0.1, 0.15) is 0 Å². The van der Waals surface area contributed by atoms with Crippen LogP contribution in [0, 0.1) is 6.92 Å². The van der Waals surface area contributed by atoms with E-state index in [0.29, 0.717) is 0 Å². The molecular weight excluding hydrogens is 264 g/mol. The molecule has 1 heterocycles. The van der Waals surface area contributed by atoms with Gasteiger partial charge in [-0.1, -0.05) is 12.1 Å². The monoisotopic (exact) mass is 276 g/mol. The van der Waals surface area contributed by atoms with Crippen LogP contribution in [0.5, 0.6) is 0 Å². The van der Waals surface area contributed by atoms with Crippen LogP contribution in [0.15, 0.2) is 47.1 Å². The number of nitrogens with one attached hydrogen (secondary N) is 1. The smallest absolute Gasteiger partial charge is 0.0594 e. The van der Waals surface area contributed by atoms with Gasteiger partial charge in [0.25, 0.3) is 0 Å². The van der Waals surface area contributed by atoms with Gasteiger partial charge in [0.2, 0.25) is 0 Å². The third-order valence-corrected chi connectivity index (χ3v) is 2.97. The highest BCUT2D eigenvalue weighted by molar-refractivity contribution is 9.10. The summed E-state index contributed by atoms with van der Waals surface area (Å²) in [5.74, 6) is 0. The Hall–Kier alpha value is -1.35. The Kier molecular flexibility index (Phi) is 3.57. The highest BCUT2D eigenvalue weighted by Gasteiger charge is 1.99. The molecule has 1 N–H and O–H groups in total. The van der Waals surface area contributed by atoms with E-state index in [2.05, 4.69) is 51.4 Å². The number of anilines is 1. The zero-order valence-electron chi connectivity index (χ0n) is 9.07. The molecule has 1 aromatic heterocycles. The van der Waals surface area contributed by atoms with Crippen LogP contribution in [0.4, 0.5) is 5.69 Å². The number of benzene rings is 1. The first-order chi connectivity index (χ1) is 7.75. The van der Waals surface area contributed by atoms with Crippen molar-refractivity contribution >= 4 is 21.6 Å². The number of halogens is 1. The minimum absolute atomic E-state index is 0.739. The normalized spacial score (nSPS) is 10.1. The molecule has 2 aromatic rings. The van der Waals surface area contributed by atoms with Gasteiger partial charge in [-0.2, -0.15) is 0 Å². The van der Waals surface area contributed by atoms with E-state index in [1.165, 1.54) is 5.56 Å². The van der Waals surface area contributed by atoms with Crippen molar-refractivity contribution in [2.45, 2.75) is 13.5 Å². The second kappa shape index (κ2) is 5.12. The van der Waals surface area contributed by atoms with Crippen molar-refractivity contribution < 1.29 is 0 Å². The fraction of sp³-hybridized carbons (Fsp3) is 0.154. The van der Waals surface area contributed by atoms with Crippen LogP contribution < -0.4 is 5.32 Å². The molecule has 3 heteroatoms. The summed E-state index contributed by atoms with van der Waals surface area (Å²) in [6.07, 6.45) is 1.81. The predicted molar refractivity (Wildman–Crippen MR) is 70.4 cm³/mol. The number of nitrogens with zero attached hydrogens (tertiary/aromatic N) is 1. The molecule has 2 rings (SSSR count). The summed E-state index contributed by atoms with van der Waals surface area (Å²) in [6, 6.07) is 12.2. The molecule has 0 atom stereocenters. The van der Waals surface area contributed by atoms with Crippen molar-refractivity contribution in [3.8, 4) is 0 Å². The number of rotatable bonds is 3. The first-order valence-corrected chi connectivity index (χ1v) is 5.95. The molecule has 0 saturated heterocycles. The van der Waals surface area contributed by atoms with Crippen molar-refractivity contribution in [1.29, 1.82) is 0 Å². The lowest BCUT2D eigenvalue weighted by Crippen LogP contribution is -2.01. The third-order valence-electron chi connectivity index (χ3n) is 2.31. The standard InChI is InChI=1S/C13H13BrN2/c1-10-5-6-13(12(14)8-10)16-9-11-4-2-3-7-15-11/h2-8,16H,9H2,1H3. The molecule has 0 unspecified atom stereocenters. The Bertz CT molecular complexity index is 469. The molecule has 0 aliphatic carbocycles. The van der Waals surface area contributed by atoms with E-state index in [-0.39, 0.29) is 0 Å². The molecule has 0 amide bonds. The maximum absolute atomic E-state index is 4.26. The van der Waals surface area contributed by atoms with E-state index >= 15 is 0 Å². The van der Waals surface area contributed by atoms with Crippen molar-refractivity contribution in [3.63, 3.8) is 0 Å². The molecule has 0 fully saturated rings. The molecule has 0 bridgehead atoms. The summed E-state index contributed by atoms with van der Waals surface area (Å²) < 4.78 is 1.09. The van der Waals surface area contributed by atoms with Gasteiger partial charge in [0.15, 0.2) is 0 Å². The summed E-state index contributed by atoms with van der Waals surface area (Å²) in [6.45, 7) is 2.82. The van der Waals surface area contributed by atoms with Gasteiger partial charge in [-0.15, -0.1) is 0 Å². The lowest BCUT2D eigenvalue weighted by atomic mass is 10.2. The summed E-state index contributed by atoms with van der Waals surface area (Å²) in [5, 5.41) is 3.35. The van der Waals surface area contributed by atoms with E-state index < -0.39 is 0 Å². The summed E-state index contributed by atoms with van der Waals surface area (Å²) in [5.41, 5.74) is 3.38. The van der Waals surface area contributed by atoms with Crippen LogP contribution in [0.2, 0.25) is 0 Å². The van der Waals surface area contributed by atoms with Gasteiger partial charge in [0, 0.05) is 16.4 Å². The number of pyridine rings is 1. The lowest BCUT2D eigenvalue weighted by molar-refractivity contribution is 1.04. The van der Waals surface area contributed by atoms with Crippen LogP contribution in [-0.4, -0.2) is 4.98 Å². The zero-order valence-corrected chi connectivity index (χ0v) is 10.7. The lowest BCUT2D eigenvalue weighted by Gasteiger charge is -2.08. The molecule has 0 spiro atoms. The van der Waals surface area contributed by atoms with E-state index in [9.17, 15) is 0 Å². The first kappa shape index (κ1) is 11.1. The van der Waals surface area contributed by atoms with Gasteiger partial charge >= 0.3 is 0 Å². The number of aromatic nitrogens is 1. The van der Waals surface area contributed by atoms with Crippen LogP contribution in [0.25, 0.3) is 0 Å². The molecular formula is C13H13BrN2. The summed E-state index contributed by atoms with van der Waals surface area (Å²) >= 11 is 3.54. The Morgan fingerprint density at radius 1 is 1.25 bits per heavy atom. The number of hydrogen-bond donors (Lipinski definition) is 1. The Morgan fingerprint density at radius 2 is 2.12 bits per heavy atom. The minimum atomic E-state index is 0.739. The first-order valence-electron chi connectivity index (χ1n) is 5.15. The fourth-order valence-corrected chi connectivity index (χ4v) is 2.09. The Morgan fingerprint density at radius 3 is 2.81 bits per heavy atom. The molecule has 2 nitrogen and oxygen atoms in total. The van der Waals surface area contributed by atoms with Gasteiger partial charge in [0.05, 0.1) is 12.2 Å². The topological polar surface area (TPSA) is 24.9 Å². The second-order valence-corrected chi connectivity index (χ2v) is 4.51. The maximum atomic E-state index is 4.26. The maximum Gasteiger partial charge on any atom is 0.0594 e.